The number of hydrogen-bond acceptors (Lipinski definition) is 3. The van der Waals surface area contributed by atoms with E-state index in [1.54, 1.807) is 0 Å². The summed E-state index contributed by atoms with van der Waals surface area (Å²) in [6, 6.07) is 26.8. The molecule has 35 heavy (non-hydrogen) atoms. The minimum absolute atomic E-state index is 0.954. The molecule has 0 saturated heterocycles. The van der Waals surface area contributed by atoms with Crippen molar-refractivity contribution in [3.05, 3.63) is 85.5 Å². The molecule has 4 aromatic carbocycles. The van der Waals surface area contributed by atoms with E-state index in [2.05, 4.69) is 129 Å². The van der Waals surface area contributed by atoms with Crippen LogP contribution in [0.2, 0.25) is 0 Å². The van der Waals surface area contributed by atoms with Crippen molar-refractivity contribution in [2.75, 3.05) is 0 Å². The molecule has 0 aliphatic heterocycles. The number of aromatic nitrogens is 1. The van der Waals surface area contributed by atoms with Crippen LogP contribution in [0, 0.1) is 14.1 Å². The minimum atomic E-state index is 0.954. The Labute approximate surface area is 235 Å². The molecular formula is C29H15I2NOS2. The highest BCUT2D eigenvalue weighted by Gasteiger charge is 2.22. The van der Waals surface area contributed by atoms with Crippen LogP contribution >= 0.6 is 67.9 Å². The van der Waals surface area contributed by atoms with E-state index in [1.165, 1.54) is 53.2 Å². The standard InChI is InChI=1S/C29H15I2NOS2/c1-14-2-6-17(7-3-14)32-22-10-15(30)4-8-18(22)27-26(32)20-13-25-21(12-23(20)33-27)29-28(35-25)19-9-5-16(31)11-24(19)34-29/h2-13H,1H3. The number of nitrogens with zero attached hydrogens (tertiary/aromatic N) is 1. The van der Waals surface area contributed by atoms with Gasteiger partial charge in [0.05, 0.1) is 14.9 Å². The van der Waals surface area contributed by atoms with Gasteiger partial charge in [0.15, 0.2) is 5.58 Å². The molecule has 0 aliphatic rings. The van der Waals surface area contributed by atoms with Crippen LogP contribution in [0.15, 0.2) is 77.2 Å². The van der Waals surface area contributed by atoms with Gasteiger partial charge in [0.1, 0.15) is 11.1 Å². The molecule has 0 atom stereocenters. The summed E-state index contributed by atoms with van der Waals surface area (Å²) in [5, 5.41) is 4.98. The molecule has 8 rings (SSSR count). The fourth-order valence-electron chi connectivity index (χ4n) is 5.18. The fourth-order valence-corrected chi connectivity index (χ4v) is 9.06. The fraction of sp³-hybridized carbons (Fsp3) is 0.0345. The molecule has 0 N–H and O–H groups in total. The van der Waals surface area contributed by atoms with Crippen molar-refractivity contribution in [3.8, 4) is 5.69 Å². The summed E-state index contributed by atoms with van der Waals surface area (Å²) in [5.41, 5.74) is 6.68. The van der Waals surface area contributed by atoms with E-state index in [4.69, 9.17) is 4.42 Å². The van der Waals surface area contributed by atoms with Crippen LogP contribution in [0.1, 0.15) is 5.56 Å². The Bertz CT molecular complexity index is 2140. The van der Waals surface area contributed by atoms with Crippen LogP contribution in [-0.2, 0) is 0 Å². The number of rotatable bonds is 1. The maximum atomic E-state index is 6.64. The molecule has 4 aromatic heterocycles. The van der Waals surface area contributed by atoms with E-state index in [0.717, 1.165) is 27.8 Å². The predicted molar refractivity (Wildman–Crippen MR) is 169 cm³/mol. The summed E-state index contributed by atoms with van der Waals surface area (Å²) in [6.45, 7) is 2.13. The zero-order valence-electron chi connectivity index (χ0n) is 18.4. The van der Waals surface area contributed by atoms with Gasteiger partial charge >= 0.3 is 0 Å². The summed E-state index contributed by atoms with van der Waals surface area (Å²) in [7, 11) is 0. The van der Waals surface area contributed by atoms with Crippen molar-refractivity contribution in [2.45, 2.75) is 6.92 Å². The third-order valence-electron chi connectivity index (χ3n) is 6.79. The molecule has 0 amide bonds. The van der Waals surface area contributed by atoms with Gasteiger partial charge in [-0.2, -0.15) is 0 Å². The Hall–Kier alpha value is -2.14. The van der Waals surface area contributed by atoms with Gasteiger partial charge < -0.3 is 8.98 Å². The van der Waals surface area contributed by atoms with Crippen LogP contribution in [0.4, 0.5) is 0 Å². The monoisotopic (exact) mass is 711 g/mol. The van der Waals surface area contributed by atoms with Crippen LogP contribution in [0.3, 0.4) is 0 Å². The number of halogens is 2. The Morgan fingerprint density at radius 3 is 2.17 bits per heavy atom. The molecule has 4 heterocycles. The Morgan fingerprint density at radius 2 is 1.37 bits per heavy atom. The molecule has 6 heteroatoms. The van der Waals surface area contributed by atoms with Crippen molar-refractivity contribution in [2.24, 2.45) is 0 Å². The molecule has 2 nitrogen and oxygen atoms in total. The molecule has 0 radical (unpaired) electrons. The first-order valence-corrected chi connectivity index (χ1v) is 15.0. The number of furan rings is 1. The van der Waals surface area contributed by atoms with Gasteiger partial charge in [-0.05, 0) is 107 Å². The van der Waals surface area contributed by atoms with Gasteiger partial charge in [-0.25, -0.2) is 0 Å². The number of thiophene rings is 2. The molecule has 0 aliphatic carbocycles. The molecule has 0 fully saturated rings. The first-order valence-electron chi connectivity index (χ1n) is 11.2. The van der Waals surface area contributed by atoms with Crippen molar-refractivity contribution in [1.29, 1.82) is 0 Å². The zero-order valence-corrected chi connectivity index (χ0v) is 24.3. The van der Waals surface area contributed by atoms with Crippen LogP contribution in [-0.4, -0.2) is 4.57 Å². The largest absolute Gasteiger partial charge is 0.454 e. The number of benzene rings is 4. The minimum Gasteiger partial charge on any atom is -0.454 e. The Kier molecular flexibility index (Phi) is 4.46. The van der Waals surface area contributed by atoms with Crippen molar-refractivity contribution < 1.29 is 4.42 Å². The highest BCUT2D eigenvalue weighted by Crippen LogP contribution is 2.47. The van der Waals surface area contributed by atoms with Crippen molar-refractivity contribution in [3.63, 3.8) is 0 Å². The van der Waals surface area contributed by atoms with E-state index in [-0.39, 0.29) is 0 Å². The first-order chi connectivity index (χ1) is 17.0. The molecule has 8 aromatic rings. The van der Waals surface area contributed by atoms with E-state index in [0.29, 0.717) is 0 Å². The smallest absolute Gasteiger partial charge is 0.161 e. The maximum absolute atomic E-state index is 6.64. The number of hydrogen-bond donors (Lipinski definition) is 0. The average Bonchev–Trinajstić information content (AvgIpc) is 3.55. The quantitative estimate of drug-likeness (QED) is 0.155. The summed E-state index contributed by atoms with van der Waals surface area (Å²) in [5.74, 6) is 0. The first kappa shape index (κ1) is 21.0. The maximum Gasteiger partial charge on any atom is 0.161 e. The second-order valence-electron chi connectivity index (χ2n) is 8.96. The molecular weight excluding hydrogens is 696 g/mol. The van der Waals surface area contributed by atoms with E-state index >= 15 is 0 Å². The lowest BCUT2D eigenvalue weighted by Gasteiger charge is -2.08. The third kappa shape index (κ3) is 2.97. The summed E-state index contributed by atoms with van der Waals surface area (Å²) in [4.78, 5) is 0. The molecule has 0 saturated carbocycles. The summed E-state index contributed by atoms with van der Waals surface area (Å²) < 4.78 is 16.9. The van der Waals surface area contributed by atoms with E-state index in [1.807, 2.05) is 22.7 Å². The van der Waals surface area contributed by atoms with Gasteiger partial charge in [0.2, 0.25) is 0 Å². The topological polar surface area (TPSA) is 18.1 Å². The van der Waals surface area contributed by atoms with Crippen LogP contribution in [0.5, 0.6) is 0 Å². The lowest BCUT2D eigenvalue weighted by atomic mass is 10.1. The van der Waals surface area contributed by atoms with Gasteiger partial charge in [0.25, 0.3) is 0 Å². The SMILES string of the molecule is Cc1ccc(-n2c3cc(I)ccc3c3oc4cc5c(cc4c32)sc2c3ccc(I)cc3sc52)cc1. The number of aryl methyl sites for hydroxylation is 1. The molecule has 0 spiro atoms. The van der Waals surface area contributed by atoms with Gasteiger partial charge in [-0.1, -0.05) is 23.8 Å². The second kappa shape index (κ2) is 7.44. The predicted octanol–water partition coefficient (Wildman–Crippen LogP) is 10.6. The Balaban J connectivity index is 1.52. The second-order valence-corrected chi connectivity index (χ2v) is 13.6. The zero-order chi connectivity index (χ0) is 23.4. The van der Waals surface area contributed by atoms with Gasteiger partial charge in [-0.3, -0.25) is 0 Å². The lowest BCUT2D eigenvalue weighted by Crippen LogP contribution is -1.94. The lowest BCUT2D eigenvalue weighted by molar-refractivity contribution is 0.673. The molecule has 0 bridgehead atoms. The Morgan fingerprint density at radius 1 is 0.686 bits per heavy atom. The highest BCUT2D eigenvalue weighted by atomic mass is 127. The third-order valence-corrected chi connectivity index (χ3v) is 10.6. The average molecular weight is 711 g/mol. The van der Waals surface area contributed by atoms with Crippen molar-refractivity contribution in [1.82, 2.24) is 4.57 Å². The van der Waals surface area contributed by atoms with Crippen LogP contribution in [0.25, 0.3) is 68.2 Å². The van der Waals surface area contributed by atoms with E-state index in [9.17, 15) is 0 Å². The normalized spacial score (nSPS) is 12.4. The highest BCUT2D eigenvalue weighted by molar-refractivity contribution is 14.1. The van der Waals surface area contributed by atoms with Crippen molar-refractivity contribution >= 4 is 130 Å². The number of fused-ring (bicyclic) bond motifs is 10. The van der Waals surface area contributed by atoms with Crippen LogP contribution < -0.4 is 0 Å². The molecule has 168 valence electrons. The summed E-state index contributed by atoms with van der Waals surface area (Å²) in [6.07, 6.45) is 0. The van der Waals surface area contributed by atoms with Gasteiger partial charge in [0, 0.05) is 43.8 Å². The summed E-state index contributed by atoms with van der Waals surface area (Å²) >= 11 is 8.59. The molecule has 0 unspecified atom stereocenters. The van der Waals surface area contributed by atoms with Gasteiger partial charge in [-0.15, -0.1) is 22.7 Å². The van der Waals surface area contributed by atoms with E-state index < -0.39 is 0 Å².